The number of fused-ring (bicyclic) bond motifs is 4. The van der Waals surface area contributed by atoms with Crippen molar-refractivity contribution in [1.82, 2.24) is 4.90 Å². The molecule has 0 saturated carbocycles. The summed E-state index contributed by atoms with van der Waals surface area (Å²) in [6, 6.07) is 18.3. The van der Waals surface area contributed by atoms with Gasteiger partial charge in [0.25, 0.3) is 5.91 Å². The molecule has 6 rings (SSSR count). The Kier molecular flexibility index (Phi) is 4.33. The fourth-order valence-corrected chi connectivity index (χ4v) is 5.50. The SMILES string of the molecule is CN1c2ccccc2C(C)(C)C12C=Nc1c(c(C(=O)N3CCOCC3)cc3ccccc13)O2. The summed E-state index contributed by atoms with van der Waals surface area (Å²) in [5.74, 6) is 0.518. The minimum absolute atomic E-state index is 0.0384. The van der Waals surface area contributed by atoms with Gasteiger partial charge >= 0.3 is 0 Å². The van der Waals surface area contributed by atoms with Crippen molar-refractivity contribution in [2.45, 2.75) is 25.0 Å². The van der Waals surface area contributed by atoms with Gasteiger partial charge in [-0.15, -0.1) is 0 Å². The maximum Gasteiger partial charge on any atom is 0.257 e. The van der Waals surface area contributed by atoms with E-state index < -0.39 is 5.72 Å². The molecular weight excluding hydrogens is 414 g/mol. The maximum absolute atomic E-state index is 13.7. The normalized spacial score (nSPS) is 22.9. The summed E-state index contributed by atoms with van der Waals surface area (Å²) < 4.78 is 12.4. The van der Waals surface area contributed by atoms with Gasteiger partial charge < -0.3 is 19.3 Å². The molecular formula is C27H27N3O3. The molecule has 1 spiro atoms. The lowest BCUT2D eigenvalue weighted by Crippen LogP contribution is -2.61. The van der Waals surface area contributed by atoms with E-state index in [0.29, 0.717) is 37.6 Å². The van der Waals surface area contributed by atoms with E-state index in [9.17, 15) is 4.79 Å². The van der Waals surface area contributed by atoms with E-state index in [1.807, 2.05) is 54.6 Å². The number of rotatable bonds is 1. The number of anilines is 1. The van der Waals surface area contributed by atoms with Crippen LogP contribution in [0.5, 0.6) is 5.75 Å². The first-order valence-corrected chi connectivity index (χ1v) is 11.4. The molecule has 1 amide bonds. The summed E-state index contributed by atoms with van der Waals surface area (Å²) in [4.78, 5) is 22.7. The van der Waals surface area contributed by atoms with E-state index >= 15 is 0 Å². The number of benzene rings is 3. The van der Waals surface area contributed by atoms with Crippen molar-refractivity contribution in [2.24, 2.45) is 4.99 Å². The Morgan fingerprint density at radius 3 is 2.55 bits per heavy atom. The van der Waals surface area contributed by atoms with Crippen LogP contribution in [0.15, 0.2) is 59.6 Å². The van der Waals surface area contributed by atoms with Crippen LogP contribution in [0.25, 0.3) is 10.8 Å². The molecule has 1 atom stereocenters. The highest BCUT2D eigenvalue weighted by Gasteiger charge is 2.59. The van der Waals surface area contributed by atoms with Crippen LogP contribution < -0.4 is 9.64 Å². The number of ether oxygens (including phenoxy) is 2. The molecule has 1 fully saturated rings. The van der Waals surface area contributed by atoms with Crippen LogP contribution in [0, 0.1) is 0 Å². The zero-order chi connectivity index (χ0) is 22.8. The van der Waals surface area contributed by atoms with E-state index in [2.05, 4.69) is 36.9 Å². The van der Waals surface area contributed by atoms with Crippen molar-refractivity contribution in [2.75, 3.05) is 38.3 Å². The lowest BCUT2D eigenvalue weighted by Gasteiger charge is -2.45. The van der Waals surface area contributed by atoms with Gasteiger partial charge in [0.2, 0.25) is 5.72 Å². The number of para-hydroxylation sites is 1. The Morgan fingerprint density at radius 2 is 1.76 bits per heavy atom. The van der Waals surface area contributed by atoms with Gasteiger partial charge in [-0.2, -0.15) is 0 Å². The Hall–Kier alpha value is -3.38. The van der Waals surface area contributed by atoms with Crippen molar-refractivity contribution in [3.63, 3.8) is 0 Å². The fourth-order valence-electron chi connectivity index (χ4n) is 5.50. The Bertz CT molecular complexity index is 1310. The van der Waals surface area contributed by atoms with Gasteiger partial charge in [-0.3, -0.25) is 9.79 Å². The second-order valence-corrected chi connectivity index (χ2v) is 9.49. The summed E-state index contributed by atoms with van der Waals surface area (Å²) >= 11 is 0. The first kappa shape index (κ1) is 20.2. The molecule has 3 aromatic carbocycles. The van der Waals surface area contributed by atoms with Gasteiger partial charge in [-0.05, 0) is 36.9 Å². The Balaban J connectivity index is 1.55. The smallest absolute Gasteiger partial charge is 0.257 e. The molecule has 33 heavy (non-hydrogen) atoms. The summed E-state index contributed by atoms with van der Waals surface area (Å²) in [5.41, 5.74) is 2.36. The van der Waals surface area contributed by atoms with Gasteiger partial charge in [0.05, 0.1) is 30.4 Å². The first-order chi connectivity index (χ1) is 15.9. The van der Waals surface area contributed by atoms with Crippen LogP contribution in [-0.4, -0.2) is 56.1 Å². The highest BCUT2D eigenvalue weighted by atomic mass is 16.5. The second-order valence-electron chi connectivity index (χ2n) is 9.49. The van der Waals surface area contributed by atoms with Crippen LogP contribution >= 0.6 is 0 Å². The molecule has 6 nitrogen and oxygen atoms in total. The molecule has 1 saturated heterocycles. The average Bonchev–Trinajstić information content (AvgIpc) is 3.02. The van der Waals surface area contributed by atoms with Crippen LogP contribution in [0.4, 0.5) is 11.4 Å². The van der Waals surface area contributed by atoms with Gasteiger partial charge in [0.15, 0.2) is 5.75 Å². The molecule has 0 bridgehead atoms. The molecule has 0 radical (unpaired) electrons. The van der Waals surface area contributed by atoms with Gasteiger partial charge in [0, 0.05) is 31.2 Å². The third-order valence-electron chi connectivity index (χ3n) is 7.46. The maximum atomic E-state index is 13.7. The topological polar surface area (TPSA) is 54.4 Å². The zero-order valence-electron chi connectivity index (χ0n) is 19.2. The average molecular weight is 442 g/mol. The van der Waals surface area contributed by atoms with E-state index in [0.717, 1.165) is 22.1 Å². The highest BCUT2D eigenvalue weighted by molar-refractivity contribution is 6.09. The van der Waals surface area contributed by atoms with Crippen molar-refractivity contribution >= 4 is 34.3 Å². The molecule has 3 aliphatic rings. The largest absolute Gasteiger partial charge is 0.459 e. The van der Waals surface area contributed by atoms with Crippen molar-refractivity contribution in [3.05, 3.63) is 65.7 Å². The molecule has 6 heteroatoms. The molecule has 3 aliphatic heterocycles. The number of carbonyl (C=O) groups excluding carboxylic acids is 1. The van der Waals surface area contributed by atoms with Crippen molar-refractivity contribution < 1.29 is 14.3 Å². The number of aliphatic imine (C=N–C) groups is 1. The van der Waals surface area contributed by atoms with Crippen molar-refractivity contribution in [3.8, 4) is 5.75 Å². The summed E-state index contributed by atoms with van der Waals surface area (Å²) in [7, 11) is 2.04. The predicted octanol–water partition coefficient (Wildman–Crippen LogP) is 4.53. The third-order valence-corrected chi connectivity index (χ3v) is 7.46. The third kappa shape index (κ3) is 2.70. The van der Waals surface area contributed by atoms with Gasteiger partial charge in [-0.1, -0.05) is 42.5 Å². The van der Waals surface area contributed by atoms with Gasteiger partial charge in [-0.25, -0.2) is 0 Å². The molecule has 3 heterocycles. The van der Waals surface area contributed by atoms with Crippen LogP contribution in [-0.2, 0) is 10.2 Å². The minimum atomic E-state index is -0.841. The number of hydrogen-bond donors (Lipinski definition) is 0. The van der Waals surface area contributed by atoms with Crippen LogP contribution in [0.3, 0.4) is 0 Å². The summed E-state index contributed by atoms with van der Waals surface area (Å²) in [5, 5.41) is 1.96. The van der Waals surface area contributed by atoms with E-state index in [4.69, 9.17) is 14.5 Å². The standard InChI is InChI=1S/C27H27N3O3/c1-26(2)21-10-6-7-11-22(21)29(3)27(26)17-28-23-19-9-5-4-8-18(19)16-20(24(23)33-27)25(31)30-12-14-32-15-13-30/h4-11,16-17H,12-15H2,1-3H3. The lowest BCUT2D eigenvalue weighted by atomic mass is 9.77. The predicted molar refractivity (Wildman–Crippen MR) is 130 cm³/mol. The highest BCUT2D eigenvalue weighted by Crippen LogP contribution is 2.55. The first-order valence-electron chi connectivity index (χ1n) is 11.4. The monoisotopic (exact) mass is 441 g/mol. The molecule has 168 valence electrons. The molecule has 0 N–H and O–H groups in total. The lowest BCUT2D eigenvalue weighted by molar-refractivity contribution is 0.0292. The summed E-state index contributed by atoms with van der Waals surface area (Å²) in [6.45, 7) is 6.61. The Morgan fingerprint density at radius 1 is 1.03 bits per heavy atom. The van der Waals surface area contributed by atoms with E-state index in [1.165, 1.54) is 5.56 Å². The molecule has 1 unspecified atom stereocenters. The molecule has 0 aromatic heterocycles. The number of carbonyl (C=O) groups is 1. The van der Waals surface area contributed by atoms with Crippen LogP contribution in [0.2, 0.25) is 0 Å². The van der Waals surface area contributed by atoms with Crippen molar-refractivity contribution in [1.29, 1.82) is 0 Å². The number of morpholine rings is 1. The molecule has 3 aromatic rings. The van der Waals surface area contributed by atoms with E-state index in [1.54, 1.807) is 0 Å². The molecule has 0 aliphatic carbocycles. The zero-order valence-corrected chi connectivity index (χ0v) is 19.2. The number of nitrogens with zero attached hydrogens (tertiary/aromatic N) is 3. The number of amides is 1. The number of hydrogen-bond acceptors (Lipinski definition) is 5. The quantitative estimate of drug-likeness (QED) is 0.557. The second kappa shape index (κ2) is 7.06. The minimum Gasteiger partial charge on any atom is -0.459 e. The summed E-state index contributed by atoms with van der Waals surface area (Å²) in [6.07, 6.45) is 1.92. The fraction of sp³-hybridized carbons (Fsp3) is 0.333. The van der Waals surface area contributed by atoms with Gasteiger partial charge in [0.1, 0.15) is 5.69 Å². The number of likely N-dealkylation sites (N-methyl/N-ethyl adjacent to an activating group) is 1. The Labute approximate surface area is 193 Å². The van der Waals surface area contributed by atoms with Crippen LogP contribution in [0.1, 0.15) is 29.8 Å². The van der Waals surface area contributed by atoms with E-state index in [-0.39, 0.29) is 11.3 Å².